The van der Waals surface area contributed by atoms with Crippen LogP contribution in [0.1, 0.15) is 37.4 Å². The predicted octanol–water partition coefficient (Wildman–Crippen LogP) is 3.65. The van der Waals surface area contributed by atoms with Gasteiger partial charge < -0.3 is 14.5 Å². The van der Waals surface area contributed by atoms with Crippen LogP contribution in [-0.2, 0) is 4.74 Å². The second-order valence-corrected chi connectivity index (χ2v) is 6.06. The molecule has 1 saturated carbocycles. The average molecular weight is 271 g/mol. The molecule has 0 spiro atoms. The third-order valence-corrected chi connectivity index (χ3v) is 4.51. The Bertz CT molecular complexity index is 587. The maximum atomic E-state index is 6.10. The van der Waals surface area contributed by atoms with Gasteiger partial charge in [-0.15, -0.1) is 0 Å². The van der Waals surface area contributed by atoms with Crippen molar-refractivity contribution < 1.29 is 9.15 Å². The van der Waals surface area contributed by atoms with Crippen LogP contribution in [0.3, 0.4) is 0 Å². The number of para-hydroxylation sites is 1. The number of hydrogen-bond acceptors (Lipinski definition) is 3. The lowest BCUT2D eigenvalue weighted by molar-refractivity contribution is -0.0274. The van der Waals surface area contributed by atoms with Crippen molar-refractivity contribution in [3.05, 3.63) is 36.1 Å². The fourth-order valence-corrected chi connectivity index (χ4v) is 3.22. The molecule has 2 heterocycles. The number of nitrogens with one attached hydrogen (secondary N) is 1. The van der Waals surface area contributed by atoms with Crippen molar-refractivity contribution in [3.8, 4) is 0 Å². The highest BCUT2D eigenvalue weighted by Gasteiger charge is 2.31. The summed E-state index contributed by atoms with van der Waals surface area (Å²) >= 11 is 0. The van der Waals surface area contributed by atoms with Crippen molar-refractivity contribution in [1.29, 1.82) is 0 Å². The fraction of sp³-hybridized carbons (Fsp3) is 0.529. The van der Waals surface area contributed by atoms with E-state index < -0.39 is 0 Å². The van der Waals surface area contributed by atoms with Crippen LogP contribution < -0.4 is 5.32 Å². The number of benzene rings is 1. The van der Waals surface area contributed by atoms with E-state index in [9.17, 15) is 0 Å². The van der Waals surface area contributed by atoms with Crippen molar-refractivity contribution in [2.24, 2.45) is 5.92 Å². The van der Waals surface area contributed by atoms with Crippen molar-refractivity contribution in [1.82, 2.24) is 5.32 Å². The van der Waals surface area contributed by atoms with E-state index in [0.717, 1.165) is 24.8 Å². The molecule has 1 aromatic heterocycles. The number of furan rings is 1. The monoisotopic (exact) mass is 271 g/mol. The van der Waals surface area contributed by atoms with E-state index in [2.05, 4.69) is 17.4 Å². The summed E-state index contributed by atoms with van der Waals surface area (Å²) in [6.07, 6.45) is 7.16. The average Bonchev–Trinajstić information content (AvgIpc) is 3.23. The molecule has 3 nitrogen and oxygen atoms in total. The Kier molecular flexibility index (Phi) is 3.25. The Balaban J connectivity index is 1.59. The van der Waals surface area contributed by atoms with E-state index in [0.29, 0.717) is 5.92 Å². The van der Waals surface area contributed by atoms with Gasteiger partial charge in [-0.1, -0.05) is 18.2 Å². The van der Waals surface area contributed by atoms with E-state index in [1.54, 1.807) is 0 Å². The molecule has 0 radical (unpaired) electrons. The van der Waals surface area contributed by atoms with Crippen LogP contribution in [0.15, 0.2) is 34.9 Å². The molecular formula is C17H21NO2. The summed E-state index contributed by atoms with van der Waals surface area (Å²) in [6.45, 7) is 1.93. The van der Waals surface area contributed by atoms with Crippen molar-refractivity contribution >= 4 is 11.0 Å². The lowest BCUT2D eigenvalue weighted by atomic mass is 9.89. The van der Waals surface area contributed by atoms with Gasteiger partial charge in [-0.3, -0.25) is 0 Å². The molecule has 2 aliphatic rings. The molecule has 4 rings (SSSR count). The van der Waals surface area contributed by atoms with Crippen LogP contribution in [-0.4, -0.2) is 19.2 Å². The third kappa shape index (κ3) is 2.36. The highest BCUT2D eigenvalue weighted by molar-refractivity contribution is 5.81. The van der Waals surface area contributed by atoms with E-state index in [1.165, 1.54) is 36.6 Å². The standard InChI is InChI=1S/C17H21NO2/c1-2-6-16-14(5-1)15(11-20-16)17-12(4-3-9-19-17)10-18-13-7-8-13/h1-2,5-6,11-13,17-18H,3-4,7-10H2. The highest BCUT2D eigenvalue weighted by Crippen LogP contribution is 2.38. The normalized spacial score (nSPS) is 27.0. The minimum atomic E-state index is 0.179. The van der Waals surface area contributed by atoms with Crippen molar-refractivity contribution in [2.75, 3.05) is 13.2 Å². The van der Waals surface area contributed by atoms with Gasteiger partial charge in [0.25, 0.3) is 0 Å². The zero-order valence-electron chi connectivity index (χ0n) is 11.7. The third-order valence-electron chi connectivity index (χ3n) is 4.51. The number of hydrogen-bond donors (Lipinski definition) is 1. The predicted molar refractivity (Wildman–Crippen MR) is 78.7 cm³/mol. The van der Waals surface area contributed by atoms with Crippen LogP contribution in [0.2, 0.25) is 0 Å². The summed E-state index contributed by atoms with van der Waals surface area (Å²) < 4.78 is 11.8. The Morgan fingerprint density at radius 1 is 1.15 bits per heavy atom. The largest absolute Gasteiger partial charge is 0.464 e. The minimum absolute atomic E-state index is 0.179. The lowest BCUT2D eigenvalue weighted by Gasteiger charge is -2.31. The Morgan fingerprint density at radius 3 is 2.95 bits per heavy atom. The van der Waals surface area contributed by atoms with Crippen LogP contribution >= 0.6 is 0 Å². The number of fused-ring (bicyclic) bond motifs is 1. The highest BCUT2D eigenvalue weighted by atomic mass is 16.5. The summed E-state index contributed by atoms with van der Waals surface area (Å²) in [6, 6.07) is 9.01. The summed E-state index contributed by atoms with van der Waals surface area (Å²) in [4.78, 5) is 0. The molecule has 1 aliphatic heterocycles. The molecule has 1 saturated heterocycles. The first kappa shape index (κ1) is 12.4. The Hall–Kier alpha value is -1.32. The first-order chi connectivity index (χ1) is 9.92. The maximum Gasteiger partial charge on any atom is 0.134 e. The van der Waals surface area contributed by atoms with Crippen molar-refractivity contribution in [2.45, 2.75) is 37.8 Å². The van der Waals surface area contributed by atoms with Gasteiger partial charge in [-0.2, -0.15) is 0 Å². The molecule has 20 heavy (non-hydrogen) atoms. The summed E-state index contributed by atoms with van der Waals surface area (Å²) in [5.74, 6) is 0.561. The number of ether oxygens (including phenoxy) is 1. The molecule has 2 atom stereocenters. The molecule has 1 N–H and O–H groups in total. The summed E-state index contributed by atoms with van der Waals surface area (Å²) in [5, 5.41) is 4.86. The van der Waals surface area contributed by atoms with Gasteiger partial charge in [-0.25, -0.2) is 0 Å². The van der Waals surface area contributed by atoms with Crippen LogP contribution in [0.5, 0.6) is 0 Å². The molecule has 3 heteroatoms. The van der Waals surface area contributed by atoms with Crippen LogP contribution in [0, 0.1) is 5.92 Å². The Morgan fingerprint density at radius 2 is 2.05 bits per heavy atom. The first-order valence-corrected chi connectivity index (χ1v) is 7.73. The SMILES string of the molecule is c1ccc2c(C3OCCCC3CNC3CC3)coc2c1. The molecule has 2 fully saturated rings. The maximum absolute atomic E-state index is 6.10. The van der Waals surface area contributed by atoms with Crippen LogP contribution in [0.4, 0.5) is 0 Å². The molecular weight excluding hydrogens is 250 g/mol. The fourth-order valence-electron chi connectivity index (χ4n) is 3.22. The zero-order valence-corrected chi connectivity index (χ0v) is 11.7. The Labute approximate surface area is 119 Å². The van der Waals surface area contributed by atoms with Gasteiger partial charge >= 0.3 is 0 Å². The number of rotatable bonds is 4. The van der Waals surface area contributed by atoms with E-state index in [4.69, 9.17) is 9.15 Å². The van der Waals surface area contributed by atoms with Gasteiger partial charge in [0.15, 0.2) is 0 Å². The summed E-state index contributed by atoms with van der Waals surface area (Å²) in [7, 11) is 0. The van der Waals surface area contributed by atoms with Gasteiger partial charge in [0.2, 0.25) is 0 Å². The van der Waals surface area contributed by atoms with Crippen molar-refractivity contribution in [3.63, 3.8) is 0 Å². The molecule has 1 aliphatic carbocycles. The summed E-state index contributed by atoms with van der Waals surface area (Å²) in [5.41, 5.74) is 2.19. The smallest absolute Gasteiger partial charge is 0.134 e. The van der Waals surface area contributed by atoms with Gasteiger partial charge in [-0.05, 0) is 31.7 Å². The van der Waals surface area contributed by atoms with Crippen LogP contribution in [0.25, 0.3) is 11.0 Å². The quantitative estimate of drug-likeness (QED) is 0.921. The molecule has 2 unspecified atom stereocenters. The first-order valence-electron chi connectivity index (χ1n) is 7.73. The molecule has 1 aromatic carbocycles. The second kappa shape index (κ2) is 5.23. The lowest BCUT2D eigenvalue weighted by Crippen LogP contribution is -2.32. The van der Waals surface area contributed by atoms with Gasteiger partial charge in [0.05, 0.1) is 12.4 Å². The minimum Gasteiger partial charge on any atom is -0.464 e. The van der Waals surface area contributed by atoms with Gasteiger partial charge in [0, 0.05) is 36.1 Å². The molecule has 0 bridgehead atoms. The zero-order chi connectivity index (χ0) is 13.4. The molecule has 0 amide bonds. The van der Waals surface area contributed by atoms with Gasteiger partial charge in [0.1, 0.15) is 5.58 Å². The second-order valence-electron chi connectivity index (χ2n) is 6.06. The van der Waals surface area contributed by atoms with E-state index >= 15 is 0 Å². The van der Waals surface area contributed by atoms with E-state index in [1.807, 2.05) is 18.4 Å². The molecule has 2 aromatic rings. The molecule has 106 valence electrons. The van der Waals surface area contributed by atoms with E-state index in [-0.39, 0.29) is 6.10 Å². The topological polar surface area (TPSA) is 34.4 Å².